The van der Waals surface area contributed by atoms with Crippen LogP contribution in [0.1, 0.15) is 23.5 Å². The summed E-state index contributed by atoms with van der Waals surface area (Å²) in [6.45, 7) is 1.89. The van der Waals surface area contributed by atoms with E-state index in [1.54, 1.807) is 30.5 Å². The Morgan fingerprint density at radius 1 is 1.24 bits per heavy atom. The molecule has 3 rings (SSSR count). The first kappa shape index (κ1) is 13.8. The molecule has 5 heteroatoms. The van der Waals surface area contributed by atoms with E-state index in [9.17, 15) is 9.59 Å². The summed E-state index contributed by atoms with van der Waals surface area (Å²) in [7, 11) is 0. The maximum absolute atomic E-state index is 12.6. The minimum absolute atomic E-state index is 0.148. The Labute approximate surface area is 127 Å². The van der Waals surface area contributed by atoms with Crippen molar-refractivity contribution in [2.45, 2.75) is 19.3 Å². The SMILES string of the molecule is Cc1ccnc(N2C(=O)C[C@H](c3cccc(Cl)c3)C2=O)c1. The number of aryl methyl sites for hydroxylation is 1. The Morgan fingerprint density at radius 2 is 2.05 bits per heavy atom. The number of benzene rings is 1. The summed E-state index contributed by atoms with van der Waals surface area (Å²) in [4.78, 5) is 30.1. The number of aromatic nitrogens is 1. The number of carbonyl (C=O) groups is 2. The Hall–Kier alpha value is -2.20. The average Bonchev–Trinajstić information content (AvgIpc) is 2.74. The van der Waals surface area contributed by atoms with Gasteiger partial charge < -0.3 is 0 Å². The lowest BCUT2D eigenvalue weighted by Crippen LogP contribution is -2.30. The Kier molecular flexibility index (Phi) is 3.47. The van der Waals surface area contributed by atoms with Gasteiger partial charge in [0.05, 0.1) is 5.92 Å². The van der Waals surface area contributed by atoms with Crippen LogP contribution in [0.3, 0.4) is 0 Å². The van der Waals surface area contributed by atoms with E-state index >= 15 is 0 Å². The van der Waals surface area contributed by atoms with Crippen molar-refractivity contribution in [2.75, 3.05) is 4.90 Å². The third kappa shape index (κ3) is 2.54. The lowest BCUT2D eigenvalue weighted by atomic mass is 9.98. The zero-order valence-electron chi connectivity index (χ0n) is 11.4. The zero-order chi connectivity index (χ0) is 15.0. The number of imide groups is 1. The Bertz CT molecular complexity index is 730. The van der Waals surface area contributed by atoms with E-state index in [-0.39, 0.29) is 18.2 Å². The van der Waals surface area contributed by atoms with Crippen molar-refractivity contribution in [3.05, 3.63) is 58.7 Å². The number of carbonyl (C=O) groups excluding carboxylic acids is 2. The molecule has 21 heavy (non-hydrogen) atoms. The number of hydrogen-bond acceptors (Lipinski definition) is 3. The summed E-state index contributed by atoms with van der Waals surface area (Å²) in [5.41, 5.74) is 1.71. The molecule has 1 aromatic heterocycles. The fourth-order valence-corrected chi connectivity index (χ4v) is 2.70. The van der Waals surface area contributed by atoms with Crippen molar-refractivity contribution in [1.29, 1.82) is 0 Å². The first-order valence-electron chi connectivity index (χ1n) is 6.61. The molecule has 0 N–H and O–H groups in total. The lowest BCUT2D eigenvalue weighted by molar-refractivity contribution is -0.121. The topological polar surface area (TPSA) is 50.3 Å². The maximum Gasteiger partial charge on any atom is 0.243 e. The van der Waals surface area contributed by atoms with Gasteiger partial charge in [-0.15, -0.1) is 0 Å². The van der Waals surface area contributed by atoms with Crippen LogP contribution in [0.4, 0.5) is 5.82 Å². The van der Waals surface area contributed by atoms with Crippen molar-refractivity contribution < 1.29 is 9.59 Å². The number of nitrogens with zero attached hydrogens (tertiary/aromatic N) is 2. The molecular formula is C16H13ClN2O2. The molecule has 2 amide bonds. The Balaban J connectivity index is 1.96. The van der Waals surface area contributed by atoms with Gasteiger partial charge in [0.25, 0.3) is 0 Å². The summed E-state index contributed by atoms with van der Waals surface area (Å²) < 4.78 is 0. The predicted molar refractivity (Wildman–Crippen MR) is 80.3 cm³/mol. The molecule has 1 fully saturated rings. The van der Waals surface area contributed by atoms with Crippen LogP contribution in [0.5, 0.6) is 0 Å². The number of rotatable bonds is 2. The van der Waals surface area contributed by atoms with E-state index in [4.69, 9.17) is 11.6 Å². The first-order valence-corrected chi connectivity index (χ1v) is 6.99. The van der Waals surface area contributed by atoms with Gasteiger partial charge >= 0.3 is 0 Å². The second-order valence-electron chi connectivity index (χ2n) is 5.07. The van der Waals surface area contributed by atoms with Gasteiger partial charge in [0.1, 0.15) is 5.82 Å². The van der Waals surface area contributed by atoms with Crippen molar-refractivity contribution in [3.8, 4) is 0 Å². The third-order valence-electron chi connectivity index (χ3n) is 3.53. The average molecular weight is 301 g/mol. The molecule has 1 saturated heterocycles. The highest BCUT2D eigenvalue weighted by molar-refractivity contribution is 6.30. The van der Waals surface area contributed by atoms with E-state index in [2.05, 4.69) is 4.98 Å². The van der Waals surface area contributed by atoms with E-state index in [0.29, 0.717) is 10.8 Å². The molecule has 0 aliphatic carbocycles. The number of hydrogen-bond donors (Lipinski definition) is 0. The summed E-state index contributed by atoms with van der Waals surface area (Å²) in [5.74, 6) is -0.587. The van der Waals surface area contributed by atoms with Crippen LogP contribution in [0.2, 0.25) is 5.02 Å². The fourth-order valence-electron chi connectivity index (χ4n) is 2.50. The van der Waals surface area contributed by atoms with Gasteiger partial charge in [-0.3, -0.25) is 9.59 Å². The molecule has 0 spiro atoms. The lowest BCUT2D eigenvalue weighted by Gasteiger charge is -2.14. The second kappa shape index (κ2) is 5.30. The monoisotopic (exact) mass is 300 g/mol. The molecule has 0 saturated carbocycles. The van der Waals surface area contributed by atoms with Gasteiger partial charge in [-0.2, -0.15) is 0 Å². The standard InChI is InChI=1S/C16H13ClN2O2/c1-10-5-6-18-14(7-10)19-15(20)9-13(16(19)21)11-3-2-4-12(17)8-11/h2-8,13H,9H2,1H3/t13-/m1/s1. The van der Waals surface area contributed by atoms with Crippen molar-refractivity contribution >= 4 is 29.2 Å². The summed E-state index contributed by atoms with van der Waals surface area (Å²) in [5, 5.41) is 0.555. The van der Waals surface area contributed by atoms with E-state index in [1.165, 1.54) is 4.90 Å². The zero-order valence-corrected chi connectivity index (χ0v) is 12.2. The molecular weight excluding hydrogens is 288 g/mol. The molecule has 2 aromatic rings. The molecule has 0 radical (unpaired) electrons. The quantitative estimate of drug-likeness (QED) is 0.801. The van der Waals surface area contributed by atoms with Crippen molar-refractivity contribution in [3.63, 3.8) is 0 Å². The normalized spacial score (nSPS) is 18.4. The van der Waals surface area contributed by atoms with Gasteiger partial charge in [-0.1, -0.05) is 23.7 Å². The molecule has 0 unspecified atom stereocenters. The van der Waals surface area contributed by atoms with Gasteiger partial charge in [0.2, 0.25) is 11.8 Å². The molecule has 1 aromatic carbocycles. The number of pyridine rings is 1. The fraction of sp³-hybridized carbons (Fsp3) is 0.188. The molecule has 4 nitrogen and oxygen atoms in total. The first-order chi connectivity index (χ1) is 10.1. The van der Waals surface area contributed by atoms with Crippen LogP contribution in [0.15, 0.2) is 42.6 Å². The van der Waals surface area contributed by atoms with E-state index < -0.39 is 5.92 Å². The van der Waals surface area contributed by atoms with Crippen LogP contribution < -0.4 is 4.90 Å². The highest BCUT2D eigenvalue weighted by atomic mass is 35.5. The molecule has 1 atom stereocenters. The smallest absolute Gasteiger partial charge is 0.243 e. The highest BCUT2D eigenvalue weighted by Crippen LogP contribution is 2.33. The van der Waals surface area contributed by atoms with Crippen LogP contribution in [-0.4, -0.2) is 16.8 Å². The van der Waals surface area contributed by atoms with Crippen molar-refractivity contribution in [2.24, 2.45) is 0 Å². The Morgan fingerprint density at radius 3 is 2.76 bits per heavy atom. The van der Waals surface area contributed by atoms with Gasteiger partial charge in [0, 0.05) is 17.6 Å². The predicted octanol–water partition coefficient (Wildman–Crippen LogP) is 3.09. The highest BCUT2D eigenvalue weighted by Gasteiger charge is 2.41. The number of halogens is 1. The van der Waals surface area contributed by atoms with Crippen LogP contribution in [-0.2, 0) is 9.59 Å². The molecule has 1 aliphatic heterocycles. The van der Waals surface area contributed by atoms with Gasteiger partial charge in [0.15, 0.2) is 0 Å². The molecule has 2 heterocycles. The minimum atomic E-state index is -0.487. The number of anilines is 1. The second-order valence-corrected chi connectivity index (χ2v) is 5.51. The molecule has 0 bridgehead atoms. The molecule has 106 valence electrons. The van der Waals surface area contributed by atoms with E-state index in [0.717, 1.165) is 11.1 Å². The minimum Gasteiger partial charge on any atom is -0.274 e. The van der Waals surface area contributed by atoms with Gasteiger partial charge in [-0.05, 0) is 42.3 Å². The third-order valence-corrected chi connectivity index (χ3v) is 3.76. The van der Waals surface area contributed by atoms with E-state index in [1.807, 2.05) is 19.1 Å². The summed E-state index contributed by atoms with van der Waals surface area (Å²) >= 11 is 5.96. The van der Waals surface area contributed by atoms with Crippen LogP contribution in [0, 0.1) is 6.92 Å². The maximum atomic E-state index is 12.6. The largest absolute Gasteiger partial charge is 0.274 e. The van der Waals surface area contributed by atoms with Crippen molar-refractivity contribution in [1.82, 2.24) is 4.98 Å². The van der Waals surface area contributed by atoms with Crippen LogP contribution in [0.25, 0.3) is 0 Å². The number of amides is 2. The molecule has 1 aliphatic rings. The summed E-state index contributed by atoms with van der Waals surface area (Å²) in [6.07, 6.45) is 1.74. The summed E-state index contributed by atoms with van der Waals surface area (Å²) in [6, 6.07) is 10.6. The van der Waals surface area contributed by atoms with Gasteiger partial charge in [-0.25, -0.2) is 9.88 Å². The van der Waals surface area contributed by atoms with Crippen LogP contribution >= 0.6 is 11.6 Å².